The molecule has 0 aliphatic rings. The van der Waals surface area contributed by atoms with Crippen molar-refractivity contribution in [1.82, 2.24) is 15.3 Å². The molecule has 2 aromatic rings. The summed E-state index contributed by atoms with van der Waals surface area (Å²) in [5.41, 5.74) is 0.911. The van der Waals surface area contributed by atoms with Gasteiger partial charge in [-0.3, -0.25) is 9.59 Å². The van der Waals surface area contributed by atoms with Crippen LogP contribution in [0.15, 0.2) is 30.5 Å². The maximum Gasteiger partial charge on any atom is 0.267 e. The quantitative estimate of drug-likeness (QED) is 0.653. The Balaban J connectivity index is 2.33. The van der Waals surface area contributed by atoms with Crippen molar-refractivity contribution in [3.63, 3.8) is 0 Å². The third-order valence-electron chi connectivity index (χ3n) is 2.41. The number of carbonyl (C=O) groups is 2. The van der Waals surface area contributed by atoms with Crippen molar-refractivity contribution in [2.45, 2.75) is 0 Å². The standard InChI is InChI=1S/C12H10ClN3O2/c1-14-12(18)9-5-4-8(16-9)10(17)7-3-2-6-15-11(7)13/h2-6,16H,1H3,(H,14,18). The summed E-state index contributed by atoms with van der Waals surface area (Å²) < 4.78 is 0. The normalized spacial score (nSPS) is 10.1. The minimum Gasteiger partial charge on any atom is -0.354 e. The van der Waals surface area contributed by atoms with Crippen LogP contribution >= 0.6 is 11.6 Å². The topological polar surface area (TPSA) is 74.8 Å². The third-order valence-corrected chi connectivity index (χ3v) is 2.71. The zero-order valence-electron chi connectivity index (χ0n) is 9.53. The Hall–Kier alpha value is -2.14. The van der Waals surface area contributed by atoms with Crippen LogP contribution in [0.5, 0.6) is 0 Å². The number of pyridine rings is 1. The number of hydrogen-bond acceptors (Lipinski definition) is 3. The molecule has 0 atom stereocenters. The smallest absolute Gasteiger partial charge is 0.267 e. The van der Waals surface area contributed by atoms with Gasteiger partial charge in [0, 0.05) is 13.2 Å². The predicted molar refractivity (Wildman–Crippen MR) is 66.9 cm³/mol. The molecule has 0 unspecified atom stereocenters. The van der Waals surface area contributed by atoms with Gasteiger partial charge in [0.25, 0.3) is 5.91 Å². The van der Waals surface area contributed by atoms with Gasteiger partial charge in [-0.1, -0.05) is 11.6 Å². The van der Waals surface area contributed by atoms with Crippen LogP contribution in [0.1, 0.15) is 26.5 Å². The van der Waals surface area contributed by atoms with Crippen LogP contribution < -0.4 is 5.32 Å². The predicted octanol–water partition coefficient (Wildman–Crippen LogP) is 1.65. The van der Waals surface area contributed by atoms with Crippen molar-refractivity contribution in [2.24, 2.45) is 0 Å². The molecule has 0 radical (unpaired) electrons. The first-order chi connectivity index (χ1) is 8.63. The third kappa shape index (κ3) is 2.26. The first-order valence-corrected chi connectivity index (χ1v) is 5.57. The lowest BCUT2D eigenvalue weighted by Crippen LogP contribution is -2.18. The van der Waals surface area contributed by atoms with Gasteiger partial charge in [0.1, 0.15) is 10.8 Å². The van der Waals surface area contributed by atoms with Crippen LogP contribution in [-0.4, -0.2) is 28.7 Å². The maximum atomic E-state index is 12.1. The van der Waals surface area contributed by atoms with Gasteiger partial charge in [-0.15, -0.1) is 0 Å². The fourth-order valence-electron chi connectivity index (χ4n) is 1.50. The Morgan fingerprint density at radius 3 is 2.67 bits per heavy atom. The zero-order chi connectivity index (χ0) is 13.1. The molecule has 2 rings (SSSR count). The van der Waals surface area contributed by atoms with Crippen LogP contribution in [0.3, 0.4) is 0 Å². The Bertz CT molecular complexity index is 607. The summed E-state index contributed by atoms with van der Waals surface area (Å²) >= 11 is 5.84. The average Bonchev–Trinajstić information content (AvgIpc) is 2.87. The molecule has 1 amide bonds. The van der Waals surface area contributed by atoms with E-state index in [-0.39, 0.29) is 16.8 Å². The van der Waals surface area contributed by atoms with E-state index >= 15 is 0 Å². The summed E-state index contributed by atoms with van der Waals surface area (Å²) in [6.45, 7) is 0. The monoisotopic (exact) mass is 263 g/mol. The first-order valence-electron chi connectivity index (χ1n) is 5.20. The van der Waals surface area contributed by atoms with E-state index in [1.165, 1.54) is 25.4 Å². The molecular formula is C12H10ClN3O2. The van der Waals surface area contributed by atoms with E-state index < -0.39 is 0 Å². The number of halogens is 1. The molecule has 0 bridgehead atoms. The van der Waals surface area contributed by atoms with Gasteiger partial charge < -0.3 is 10.3 Å². The second-order valence-corrected chi connectivity index (χ2v) is 3.89. The van der Waals surface area contributed by atoms with Crippen molar-refractivity contribution in [2.75, 3.05) is 7.05 Å². The summed E-state index contributed by atoms with van der Waals surface area (Å²) in [6, 6.07) is 6.28. The fraction of sp³-hybridized carbons (Fsp3) is 0.0833. The Labute approximate surface area is 108 Å². The molecule has 0 aliphatic carbocycles. The van der Waals surface area contributed by atoms with E-state index in [0.29, 0.717) is 17.0 Å². The molecule has 92 valence electrons. The first kappa shape index (κ1) is 12.3. The number of H-pyrrole nitrogens is 1. The largest absolute Gasteiger partial charge is 0.354 e. The van der Waals surface area contributed by atoms with Crippen LogP contribution in [0.4, 0.5) is 0 Å². The molecular weight excluding hydrogens is 254 g/mol. The lowest BCUT2D eigenvalue weighted by atomic mass is 10.1. The number of carbonyl (C=O) groups excluding carboxylic acids is 2. The number of nitrogens with one attached hydrogen (secondary N) is 2. The highest BCUT2D eigenvalue weighted by molar-refractivity contribution is 6.33. The zero-order valence-corrected chi connectivity index (χ0v) is 10.3. The average molecular weight is 264 g/mol. The van der Waals surface area contributed by atoms with E-state index in [2.05, 4.69) is 15.3 Å². The fourth-order valence-corrected chi connectivity index (χ4v) is 1.70. The summed E-state index contributed by atoms with van der Waals surface area (Å²) in [4.78, 5) is 30.0. The van der Waals surface area contributed by atoms with Gasteiger partial charge in [0.2, 0.25) is 5.78 Å². The second kappa shape index (κ2) is 5.01. The van der Waals surface area contributed by atoms with E-state index in [4.69, 9.17) is 11.6 Å². The molecule has 6 heteroatoms. The van der Waals surface area contributed by atoms with Gasteiger partial charge in [-0.25, -0.2) is 4.98 Å². The Morgan fingerprint density at radius 1 is 1.28 bits per heavy atom. The summed E-state index contributed by atoms with van der Waals surface area (Å²) in [6.07, 6.45) is 1.50. The number of hydrogen-bond donors (Lipinski definition) is 2. The molecule has 0 fully saturated rings. The number of aromatic amines is 1. The summed E-state index contributed by atoms with van der Waals surface area (Å²) in [5.74, 6) is -0.588. The highest BCUT2D eigenvalue weighted by Gasteiger charge is 2.16. The lowest BCUT2D eigenvalue weighted by molar-refractivity contribution is 0.0958. The van der Waals surface area contributed by atoms with E-state index in [0.717, 1.165) is 0 Å². The molecule has 18 heavy (non-hydrogen) atoms. The van der Waals surface area contributed by atoms with Crippen LogP contribution in [-0.2, 0) is 0 Å². The second-order valence-electron chi connectivity index (χ2n) is 3.54. The number of amides is 1. The van der Waals surface area contributed by atoms with Crippen molar-refractivity contribution < 1.29 is 9.59 Å². The minimum atomic E-state index is -0.303. The van der Waals surface area contributed by atoms with Gasteiger partial charge >= 0.3 is 0 Å². The highest BCUT2D eigenvalue weighted by atomic mass is 35.5. The molecule has 2 N–H and O–H groups in total. The van der Waals surface area contributed by atoms with Crippen LogP contribution in [0.25, 0.3) is 0 Å². The van der Waals surface area contributed by atoms with Gasteiger partial charge in [0.15, 0.2) is 0 Å². The van der Waals surface area contributed by atoms with Crippen molar-refractivity contribution in [1.29, 1.82) is 0 Å². The number of rotatable bonds is 3. The van der Waals surface area contributed by atoms with E-state index in [1.807, 2.05) is 0 Å². The molecule has 0 aliphatic heterocycles. The van der Waals surface area contributed by atoms with Gasteiger partial charge in [-0.2, -0.15) is 0 Å². The SMILES string of the molecule is CNC(=O)c1ccc(C(=O)c2cccnc2Cl)[nH]1. The number of nitrogens with zero attached hydrogens (tertiary/aromatic N) is 1. The van der Waals surface area contributed by atoms with Crippen molar-refractivity contribution >= 4 is 23.3 Å². The number of ketones is 1. The maximum absolute atomic E-state index is 12.1. The molecule has 0 aromatic carbocycles. The lowest BCUT2D eigenvalue weighted by Gasteiger charge is -2.00. The molecule has 0 spiro atoms. The van der Waals surface area contributed by atoms with Gasteiger partial charge in [-0.05, 0) is 24.3 Å². The highest BCUT2D eigenvalue weighted by Crippen LogP contribution is 2.16. The summed E-state index contributed by atoms with van der Waals surface area (Å²) in [5, 5.41) is 2.60. The Kier molecular flexibility index (Phi) is 3.43. The molecule has 0 saturated heterocycles. The van der Waals surface area contributed by atoms with E-state index in [1.54, 1.807) is 12.1 Å². The Morgan fingerprint density at radius 2 is 2.00 bits per heavy atom. The van der Waals surface area contributed by atoms with Crippen LogP contribution in [0, 0.1) is 0 Å². The van der Waals surface area contributed by atoms with E-state index in [9.17, 15) is 9.59 Å². The van der Waals surface area contributed by atoms with Gasteiger partial charge in [0.05, 0.1) is 11.3 Å². The molecule has 5 nitrogen and oxygen atoms in total. The number of aromatic nitrogens is 2. The van der Waals surface area contributed by atoms with Crippen molar-refractivity contribution in [3.8, 4) is 0 Å². The van der Waals surface area contributed by atoms with Crippen molar-refractivity contribution in [3.05, 3.63) is 52.6 Å². The molecule has 2 aromatic heterocycles. The molecule has 2 heterocycles. The molecule has 0 saturated carbocycles. The summed E-state index contributed by atoms with van der Waals surface area (Å²) in [7, 11) is 1.52. The van der Waals surface area contributed by atoms with Crippen LogP contribution in [0.2, 0.25) is 5.15 Å². The minimum absolute atomic E-state index is 0.138.